The molecule has 7 nitrogen and oxygen atoms in total. The van der Waals surface area contributed by atoms with Gasteiger partial charge in [-0.05, 0) is 35.4 Å². The standard InChI is InChI=1S/C23H24N2O5/c1-4-18(26)19-20(15-9-11-17(12-10-15)24(2)3)25(22(28)21(19)27)13-14-5-7-16(8-6-14)23(29)30/h5-12,20,27H,4,13H2,1-3H3,(H,29,30). The molecule has 0 spiro atoms. The van der Waals surface area contributed by atoms with Crippen molar-refractivity contribution in [2.24, 2.45) is 0 Å². The molecule has 1 unspecified atom stereocenters. The van der Waals surface area contributed by atoms with Gasteiger partial charge < -0.3 is 20.0 Å². The SMILES string of the molecule is CCC(=O)C1=C(O)C(=O)N(Cc2ccc(C(=O)O)cc2)C1c1ccc(N(C)C)cc1. The Morgan fingerprint density at radius 1 is 1.03 bits per heavy atom. The molecular formula is C23H24N2O5. The van der Waals surface area contributed by atoms with Gasteiger partial charge in [0.25, 0.3) is 5.91 Å². The Hall–Kier alpha value is -3.61. The van der Waals surface area contributed by atoms with Crippen molar-refractivity contribution >= 4 is 23.3 Å². The summed E-state index contributed by atoms with van der Waals surface area (Å²) in [5, 5.41) is 19.5. The molecule has 30 heavy (non-hydrogen) atoms. The van der Waals surface area contributed by atoms with Gasteiger partial charge >= 0.3 is 5.97 Å². The Bertz CT molecular complexity index is 1010. The first-order valence-corrected chi connectivity index (χ1v) is 9.61. The number of carboxylic acids is 1. The zero-order valence-electron chi connectivity index (χ0n) is 17.1. The van der Waals surface area contributed by atoms with Crippen LogP contribution in [-0.4, -0.2) is 46.9 Å². The molecule has 7 heteroatoms. The van der Waals surface area contributed by atoms with Crippen molar-refractivity contribution in [3.63, 3.8) is 0 Å². The van der Waals surface area contributed by atoms with Gasteiger partial charge in [0.15, 0.2) is 11.5 Å². The summed E-state index contributed by atoms with van der Waals surface area (Å²) in [6.07, 6.45) is 0.167. The molecule has 0 aliphatic carbocycles. The minimum absolute atomic E-state index is 0.0993. The fourth-order valence-electron chi connectivity index (χ4n) is 3.54. The molecule has 1 atom stereocenters. The third-order valence-corrected chi connectivity index (χ3v) is 5.20. The van der Waals surface area contributed by atoms with Crippen LogP contribution in [0, 0.1) is 0 Å². The first-order chi connectivity index (χ1) is 14.2. The lowest BCUT2D eigenvalue weighted by Gasteiger charge is -2.27. The summed E-state index contributed by atoms with van der Waals surface area (Å²) in [5.41, 5.74) is 2.63. The number of amides is 1. The van der Waals surface area contributed by atoms with E-state index in [2.05, 4.69) is 0 Å². The van der Waals surface area contributed by atoms with E-state index in [1.807, 2.05) is 43.3 Å². The molecular weight excluding hydrogens is 384 g/mol. The minimum Gasteiger partial charge on any atom is -0.503 e. The Balaban J connectivity index is 2.00. The number of ketones is 1. The highest BCUT2D eigenvalue weighted by Crippen LogP contribution is 2.39. The van der Waals surface area contributed by atoms with Crippen LogP contribution in [0.15, 0.2) is 59.9 Å². The molecule has 0 radical (unpaired) electrons. The van der Waals surface area contributed by atoms with Gasteiger partial charge in [-0.25, -0.2) is 4.79 Å². The number of carboxylic acid groups (broad SMARTS) is 1. The first-order valence-electron chi connectivity index (χ1n) is 9.61. The first kappa shape index (κ1) is 21.1. The number of anilines is 1. The average molecular weight is 408 g/mol. The highest BCUT2D eigenvalue weighted by atomic mass is 16.4. The number of aliphatic hydroxyl groups excluding tert-OH is 1. The minimum atomic E-state index is -1.03. The summed E-state index contributed by atoms with van der Waals surface area (Å²) < 4.78 is 0. The van der Waals surface area contributed by atoms with E-state index >= 15 is 0 Å². The van der Waals surface area contributed by atoms with Gasteiger partial charge in [0.2, 0.25) is 0 Å². The van der Waals surface area contributed by atoms with Gasteiger partial charge in [-0.1, -0.05) is 31.2 Å². The van der Waals surface area contributed by atoms with Crippen molar-refractivity contribution in [3.8, 4) is 0 Å². The lowest BCUT2D eigenvalue weighted by atomic mass is 9.94. The molecule has 1 aliphatic rings. The summed E-state index contributed by atoms with van der Waals surface area (Å²) in [6.45, 7) is 1.82. The molecule has 2 aromatic carbocycles. The Labute approximate surface area is 174 Å². The van der Waals surface area contributed by atoms with E-state index in [4.69, 9.17) is 5.11 Å². The molecule has 1 amide bonds. The molecule has 0 saturated heterocycles. The van der Waals surface area contributed by atoms with Gasteiger partial charge in [0.05, 0.1) is 17.2 Å². The fraction of sp³-hybridized carbons (Fsp3) is 0.261. The van der Waals surface area contributed by atoms with E-state index in [0.717, 1.165) is 11.3 Å². The summed E-state index contributed by atoms with van der Waals surface area (Å²) in [6, 6.07) is 12.9. The van der Waals surface area contributed by atoms with E-state index in [0.29, 0.717) is 5.56 Å². The monoisotopic (exact) mass is 408 g/mol. The van der Waals surface area contributed by atoms with E-state index < -0.39 is 23.7 Å². The summed E-state index contributed by atoms with van der Waals surface area (Å²) in [7, 11) is 3.83. The quantitative estimate of drug-likeness (QED) is 0.729. The number of rotatable bonds is 7. The second kappa shape index (κ2) is 8.41. The van der Waals surface area contributed by atoms with E-state index in [9.17, 15) is 19.5 Å². The lowest BCUT2D eigenvalue weighted by Crippen LogP contribution is -2.30. The third-order valence-electron chi connectivity index (χ3n) is 5.20. The second-order valence-corrected chi connectivity index (χ2v) is 7.36. The average Bonchev–Trinajstić information content (AvgIpc) is 2.98. The van der Waals surface area contributed by atoms with Gasteiger partial charge in [-0.3, -0.25) is 9.59 Å². The molecule has 3 rings (SSSR count). The maximum Gasteiger partial charge on any atom is 0.335 e. The molecule has 0 bridgehead atoms. The molecule has 0 saturated carbocycles. The van der Waals surface area contributed by atoms with Crippen molar-refractivity contribution < 1.29 is 24.6 Å². The summed E-state index contributed by atoms with van der Waals surface area (Å²) >= 11 is 0. The Kier molecular flexibility index (Phi) is 5.91. The highest BCUT2D eigenvalue weighted by molar-refractivity contribution is 6.08. The van der Waals surface area contributed by atoms with Crippen LogP contribution < -0.4 is 4.90 Å². The molecule has 1 aliphatic heterocycles. The van der Waals surface area contributed by atoms with Crippen LogP contribution in [0.4, 0.5) is 5.69 Å². The van der Waals surface area contributed by atoms with Crippen LogP contribution in [0.3, 0.4) is 0 Å². The van der Waals surface area contributed by atoms with Crippen molar-refractivity contribution in [1.29, 1.82) is 0 Å². The number of hydrogen-bond donors (Lipinski definition) is 2. The van der Waals surface area contributed by atoms with Gasteiger partial charge in [0, 0.05) is 32.7 Å². The highest BCUT2D eigenvalue weighted by Gasteiger charge is 2.42. The van der Waals surface area contributed by atoms with E-state index in [-0.39, 0.29) is 29.9 Å². The maximum atomic E-state index is 12.8. The number of aliphatic hydroxyl groups is 1. The predicted molar refractivity (Wildman–Crippen MR) is 112 cm³/mol. The van der Waals surface area contributed by atoms with Crippen LogP contribution in [-0.2, 0) is 16.1 Å². The number of hydrogen-bond acceptors (Lipinski definition) is 5. The fourth-order valence-corrected chi connectivity index (χ4v) is 3.54. The topological polar surface area (TPSA) is 98.2 Å². The van der Waals surface area contributed by atoms with Gasteiger partial charge in [0.1, 0.15) is 0 Å². The number of benzene rings is 2. The maximum absolute atomic E-state index is 12.8. The number of carbonyl (C=O) groups excluding carboxylic acids is 2. The molecule has 2 aromatic rings. The second-order valence-electron chi connectivity index (χ2n) is 7.36. The summed E-state index contributed by atoms with van der Waals surface area (Å²) in [4.78, 5) is 39.9. The number of aromatic carboxylic acids is 1. The zero-order valence-corrected chi connectivity index (χ0v) is 17.1. The molecule has 2 N–H and O–H groups in total. The van der Waals surface area contributed by atoms with Crippen LogP contribution in [0.2, 0.25) is 0 Å². The van der Waals surface area contributed by atoms with Crippen molar-refractivity contribution in [3.05, 3.63) is 76.6 Å². The van der Waals surface area contributed by atoms with Crippen LogP contribution in [0.1, 0.15) is 40.9 Å². The normalized spacial score (nSPS) is 16.2. The van der Waals surface area contributed by atoms with Crippen LogP contribution >= 0.6 is 0 Å². The van der Waals surface area contributed by atoms with Gasteiger partial charge in [-0.2, -0.15) is 0 Å². The van der Waals surface area contributed by atoms with Gasteiger partial charge in [-0.15, -0.1) is 0 Å². The lowest BCUT2D eigenvalue weighted by molar-refractivity contribution is -0.130. The van der Waals surface area contributed by atoms with Crippen LogP contribution in [0.25, 0.3) is 0 Å². The Morgan fingerprint density at radius 3 is 2.13 bits per heavy atom. The molecule has 0 fully saturated rings. The number of carbonyl (C=O) groups is 3. The molecule has 0 aromatic heterocycles. The summed E-state index contributed by atoms with van der Waals surface area (Å²) in [5.74, 6) is -2.46. The van der Waals surface area contributed by atoms with E-state index in [1.54, 1.807) is 19.1 Å². The number of nitrogens with zero attached hydrogens (tertiary/aromatic N) is 2. The zero-order chi connectivity index (χ0) is 22.0. The van der Waals surface area contributed by atoms with Crippen molar-refractivity contribution in [2.45, 2.75) is 25.9 Å². The van der Waals surface area contributed by atoms with Crippen molar-refractivity contribution in [1.82, 2.24) is 4.90 Å². The van der Waals surface area contributed by atoms with E-state index in [1.165, 1.54) is 17.0 Å². The number of Topliss-reactive ketones (excluding diaryl/α,β-unsaturated/α-hetero) is 1. The Morgan fingerprint density at radius 2 is 1.63 bits per heavy atom. The van der Waals surface area contributed by atoms with Crippen LogP contribution in [0.5, 0.6) is 0 Å². The molecule has 156 valence electrons. The largest absolute Gasteiger partial charge is 0.503 e. The van der Waals surface area contributed by atoms with Crippen molar-refractivity contribution in [2.75, 3.05) is 19.0 Å². The smallest absolute Gasteiger partial charge is 0.335 e. The third kappa shape index (κ3) is 3.91. The predicted octanol–water partition coefficient (Wildman–Crippen LogP) is 3.33. The molecule has 1 heterocycles.